The Morgan fingerprint density at radius 3 is 2.55 bits per heavy atom. The molecule has 0 aromatic rings. The molecule has 0 atom stereocenters. The van der Waals surface area contributed by atoms with Crippen LogP contribution in [-0.4, -0.2) is 12.1 Å². The van der Waals surface area contributed by atoms with Gasteiger partial charge in [-0.05, 0) is 13.8 Å². The predicted octanol–water partition coefficient (Wildman–Crippen LogP) is 1.23. The molecule has 0 saturated carbocycles. The fourth-order valence-corrected chi connectivity index (χ4v) is 0.397. The first kappa shape index (κ1) is 9.62. The lowest BCUT2D eigenvalue weighted by atomic mass is 10.3. The first-order valence-corrected chi connectivity index (χ1v) is 3.25. The lowest BCUT2D eigenvalue weighted by Crippen LogP contribution is -2.22. The van der Waals surface area contributed by atoms with E-state index in [1.807, 2.05) is 6.92 Å². The molecule has 0 rings (SSSR count). The van der Waals surface area contributed by atoms with E-state index >= 15 is 0 Å². The largest absolute Gasteiger partial charge is 0.326 e. The van der Waals surface area contributed by atoms with Crippen LogP contribution >= 0.6 is 0 Å². The molecule has 3 nitrogen and oxygen atoms in total. The Bertz CT molecular complexity index is 216. The van der Waals surface area contributed by atoms with Crippen molar-refractivity contribution in [3.63, 3.8) is 0 Å². The van der Waals surface area contributed by atoms with Gasteiger partial charge in [0.05, 0.1) is 5.57 Å². The first-order valence-electron chi connectivity index (χ1n) is 3.25. The predicted molar refractivity (Wildman–Crippen MR) is 45.5 cm³/mol. The van der Waals surface area contributed by atoms with E-state index in [2.05, 4.69) is 11.9 Å². The number of hydrogen-bond donors (Lipinski definition) is 2. The van der Waals surface area contributed by atoms with E-state index in [9.17, 15) is 4.79 Å². The zero-order valence-electron chi connectivity index (χ0n) is 6.77. The van der Waals surface area contributed by atoms with Crippen molar-refractivity contribution in [1.29, 1.82) is 5.41 Å². The number of amides is 1. The summed E-state index contributed by atoms with van der Waals surface area (Å²) in [5.74, 6) is -0.324. The Balaban J connectivity index is 4.08. The third kappa shape index (κ3) is 3.35. The molecule has 0 aliphatic rings. The van der Waals surface area contributed by atoms with Gasteiger partial charge >= 0.3 is 0 Å². The second-order valence-corrected chi connectivity index (χ2v) is 2.10. The Hall–Kier alpha value is -1.38. The van der Waals surface area contributed by atoms with Crippen molar-refractivity contribution in [2.45, 2.75) is 13.8 Å². The second kappa shape index (κ2) is 4.44. The van der Waals surface area contributed by atoms with Gasteiger partial charge in [-0.1, -0.05) is 12.7 Å². The van der Waals surface area contributed by atoms with Crippen LogP contribution in [0.2, 0.25) is 0 Å². The van der Waals surface area contributed by atoms with Gasteiger partial charge in [-0.25, -0.2) is 0 Å². The molecule has 0 fully saturated rings. The molecular formula is C8H12N2O. The second-order valence-electron chi connectivity index (χ2n) is 2.10. The maximum Gasteiger partial charge on any atom is 0.256 e. The molecule has 0 radical (unpaired) electrons. The summed E-state index contributed by atoms with van der Waals surface area (Å²) >= 11 is 0. The van der Waals surface area contributed by atoms with Gasteiger partial charge in [0.1, 0.15) is 0 Å². The summed E-state index contributed by atoms with van der Waals surface area (Å²) in [4.78, 5) is 10.9. The molecule has 2 N–H and O–H groups in total. The quantitative estimate of drug-likeness (QED) is 0.464. The summed E-state index contributed by atoms with van der Waals surface area (Å²) in [6.45, 7) is 6.97. The highest BCUT2D eigenvalue weighted by Crippen LogP contribution is 1.89. The maximum absolute atomic E-state index is 10.9. The number of hydrogen-bond acceptors (Lipinski definition) is 2. The highest BCUT2D eigenvalue weighted by atomic mass is 16.1. The molecule has 0 spiro atoms. The monoisotopic (exact) mass is 152 g/mol. The Kier molecular flexibility index (Phi) is 3.88. The van der Waals surface area contributed by atoms with Crippen molar-refractivity contribution in [3.05, 3.63) is 23.9 Å². The van der Waals surface area contributed by atoms with Crippen LogP contribution in [0, 0.1) is 5.41 Å². The van der Waals surface area contributed by atoms with E-state index in [1.165, 1.54) is 0 Å². The van der Waals surface area contributed by atoms with E-state index in [0.717, 1.165) is 11.9 Å². The normalized spacial score (nSPS) is 10.5. The summed E-state index contributed by atoms with van der Waals surface area (Å²) in [7, 11) is 0. The average molecular weight is 152 g/mol. The number of rotatable bonds is 3. The molecule has 0 aromatic carbocycles. The molecule has 1 amide bonds. The number of allylic oxidation sites excluding steroid dienone is 2. The van der Waals surface area contributed by atoms with Crippen LogP contribution in [0.5, 0.6) is 0 Å². The van der Waals surface area contributed by atoms with Crippen molar-refractivity contribution in [2.75, 3.05) is 0 Å². The van der Waals surface area contributed by atoms with E-state index in [1.54, 1.807) is 13.0 Å². The summed E-state index contributed by atoms with van der Waals surface area (Å²) in [6.07, 6.45) is 2.70. The summed E-state index contributed by atoms with van der Waals surface area (Å²) in [5.41, 5.74) is 0.921. The van der Waals surface area contributed by atoms with Crippen LogP contribution in [0.15, 0.2) is 23.9 Å². The van der Waals surface area contributed by atoms with Crippen molar-refractivity contribution < 1.29 is 4.79 Å². The van der Waals surface area contributed by atoms with Crippen molar-refractivity contribution in [1.82, 2.24) is 5.32 Å². The van der Waals surface area contributed by atoms with E-state index in [0.29, 0.717) is 0 Å². The van der Waals surface area contributed by atoms with E-state index in [4.69, 9.17) is 5.41 Å². The number of carbonyl (C=O) groups is 1. The smallest absolute Gasteiger partial charge is 0.256 e. The highest BCUT2D eigenvalue weighted by molar-refractivity contribution is 6.11. The molecule has 11 heavy (non-hydrogen) atoms. The molecule has 0 unspecified atom stereocenters. The van der Waals surface area contributed by atoms with Gasteiger partial charge in [0.2, 0.25) is 0 Å². The van der Waals surface area contributed by atoms with Crippen molar-refractivity contribution in [3.8, 4) is 0 Å². The minimum atomic E-state index is -0.324. The fraction of sp³-hybridized carbons (Fsp3) is 0.250. The van der Waals surface area contributed by atoms with Crippen LogP contribution in [0.25, 0.3) is 0 Å². The van der Waals surface area contributed by atoms with Crippen molar-refractivity contribution in [2.24, 2.45) is 0 Å². The van der Waals surface area contributed by atoms with Crippen LogP contribution < -0.4 is 5.32 Å². The summed E-state index contributed by atoms with van der Waals surface area (Å²) in [6, 6.07) is 0. The van der Waals surface area contributed by atoms with Gasteiger partial charge in [-0.2, -0.15) is 0 Å². The third-order valence-electron chi connectivity index (χ3n) is 1.21. The number of nitrogens with one attached hydrogen (secondary N) is 2. The lowest BCUT2D eigenvalue weighted by molar-refractivity contribution is -0.116. The lowest BCUT2D eigenvalue weighted by Gasteiger charge is -2.02. The van der Waals surface area contributed by atoms with Crippen molar-refractivity contribution >= 4 is 12.1 Å². The van der Waals surface area contributed by atoms with E-state index < -0.39 is 0 Å². The highest BCUT2D eigenvalue weighted by Gasteiger charge is 2.01. The first-order chi connectivity index (χ1) is 5.11. The molecule has 0 aromatic heterocycles. The minimum absolute atomic E-state index is 0.159. The Labute approximate surface area is 66.3 Å². The topological polar surface area (TPSA) is 53.0 Å². The van der Waals surface area contributed by atoms with Gasteiger partial charge in [0, 0.05) is 11.9 Å². The third-order valence-corrected chi connectivity index (χ3v) is 1.21. The molecular weight excluding hydrogens is 140 g/mol. The average Bonchev–Trinajstić information content (AvgIpc) is 2.02. The minimum Gasteiger partial charge on any atom is -0.326 e. The van der Waals surface area contributed by atoms with Gasteiger partial charge in [0.25, 0.3) is 5.91 Å². The van der Waals surface area contributed by atoms with Gasteiger partial charge < -0.3 is 10.7 Å². The molecule has 0 heterocycles. The SMILES string of the molecule is C=C(C=N)C(=O)N/C(C)=C/C. The van der Waals surface area contributed by atoms with Gasteiger partial charge in [0.15, 0.2) is 0 Å². The Morgan fingerprint density at radius 1 is 1.64 bits per heavy atom. The van der Waals surface area contributed by atoms with Crippen LogP contribution in [-0.2, 0) is 4.79 Å². The zero-order chi connectivity index (χ0) is 8.85. The Morgan fingerprint density at radius 2 is 2.18 bits per heavy atom. The molecule has 60 valence electrons. The zero-order valence-corrected chi connectivity index (χ0v) is 6.77. The van der Waals surface area contributed by atoms with Crippen LogP contribution in [0.1, 0.15) is 13.8 Å². The van der Waals surface area contributed by atoms with E-state index in [-0.39, 0.29) is 11.5 Å². The molecule has 0 bridgehead atoms. The molecule has 0 aliphatic heterocycles. The molecule has 3 heteroatoms. The van der Waals surface area contributed by atoms with Crippen LogP contribution in [0.4, 0.5) is 0 Å². The summed E-state index contributed by atoms with van der Waals surface area (Å²) < 4.78 is 0. The van der Waals surface area contributed by atoms with Crippen LogP contribution in [0.3, 0.4) is 0 Å². The van der Waals surface area contributed by atoms with Gasteiger partial charge in [-0.3, -0.25) is 4.79 Å². The molecule has 0 aliphatic carbocycles. The summed E-state index contributed by atoms with van der Waals surface area (Å²) in [5, 5.41) is 9.29. The number of carbonyl (C=O) groups excluding carboxylic acids is 1. The molecule has 0 saturated heterocycles. The fourth-order valence-electron chi connectivity index (χ4n) is 0.397. The maximum atomic E-state index is 10.9. The van der Waals surface area contributed by atoms with Gasteiger partial charge in [-0.15, -0.1) is 0 Å². The standard InChI is InChI=1S/C8H12N2O/c1-4-7(3)10-8(11)6(2)5-9/h4-5,9H,2H2,1,3H3,(H,10,11)/b7-4+,9-5?.